The number of carboxylic acids is 1. The summed E-state index contributed by atoms with van der Waals surface area (Å²) in [6.07, 6.45) is 4.90. The van der Waals surface area contributed by atoms with Crippen LogP contribution in [-0.4, -0.2) is 39.0 Å². The number of para-hydroxylation sites is 1. The summed E-state index contributed by atoms with van der Waals surface area (Å²) in [5.74, 6) is -0.997. The molecule has 5 nitrogen and oxygen atoms in total. The number of carbonyl (C=O) groups is 2. The quantitative estimate of drug-likeness (QED) is 0.889. The fourth-order valence-corrected chi connectivity index (χ4v) is 2.96. The van der Waals surface area contributed by atoms with E-state index in [-0.39, 0.29) is 18.5 Å². The molecule has 1 heterocycles. The molecular weight excluding hydrogens is 280 g/mol. The van der Waals surface area contributed by atoms with Crippen molar-refractivity contribution in [1.82, 2.24) is 9.47 Å². The Bertz CT molecular complexity index is 716. The van der Waals surface area contributed by atoms with E-state index in [1.54, 1.807) is 0 Å². The van der Waals surface area contributed by atoms with Crippen LogP contribution in [0.1, 0.15) is 24.8 Å². The minimum absolute atomic E-state index is 0.0576. The molecule has 0 atom stereocenters. The Morgan fingerprint density at radius 2 is 2.05 bits per heavy atom. The topological polar surface area (TPSA) is 62.5 Å². The maximum Gasteiger partial charge on any atom is 0.323 e. The predicted molar refractivity (Wildman–Crippen MR) is 83.6 cm³/mol. The molecule has 3 rings (SSSR count). The van der Waals surface area contributed by atoms with E-state index in [2.05, 4.69) is 22.9 Å². The SMILES string of the molecule is Cn1cc(CCC(=O)N(CC(=O)O)C2CC2)c2ccccc21. The fraction of sp³-hybridized carbons (Fsp3) is 0.412. The molecule has 1 saturated carbocycles. The molecule has 2 aromatic rings. The molecule has 0 spiro atoms. The van der Waals surface area contributed by atoms with Crippen LogP contribution in [0, 0.1) is 0 Å². The molecule has 5 heteroatoms. The molecule has 0 unspecified atom stereocenters. The number of amides is 1. The lowest BCUT2D eigenvalue weighted by Crippen LogP contribution is -2.37. The molecule has 1 N–H and O–H groups in total. The first-order valence-electron chi connectivity index (χ1n) is 7.60. The van der Waals surface area contributed by atoms with Gasteiger partial charge in [0.2, 0.25) is 5.91 Å². The molecule has 0 aliphatic heterocycles. The Morgan fingerprint density at radius 3 is 2.73 bits per heavy atom. The number of aromatic nitrogens is 1. The highest BCUT2D eigenvalue weighted by molar-refractivity contribution is 5.86. The van der Waals surface area contributed by atoms with Gasteiger partial charge in [0, 0.05) is 36.6 Å². The first-order valence-corrected chi connectivity index (χ1v) is 7.60. The van der Waals surface area contributed by atoms with Gasteiger partial charge >= 0.3 is 5.97 Å². The summed E-state index contributed by atoms with van der Waals surface area (Å²) >= 11 is 0. The Balaban J connectivity index is 1.70. The summed E-state index contributed by atoms with van der Waals surface area (Å²) in [6.45, 7) is -0.182. The van der Waals surface area contributed by atoms with Crippen LogP contribution in [0.2, 0.25) is 0 Å². The number of carboxylic acid groups (broad SMARTS) is 1. The van der Waals surface area contributed by atoms with Crippen LogP contribution >= 0.6 is 0 Å². The largest absolute Gasteiger partial charge is 0.480 e. The summed E-state index contributed by atoms with van der Waals surface area (Å²) in [6, 6.07) is 8.25. The number of rotatable bonds is 6. The van der Waals surface area contributed by atoms with Gasteiger partial charge in [0.1, 0.15) is 6.54 Å². The van der Waals surface area contributed by atoms with Crippen molar-refractivity contribution >= 4 is 22.8 Å². The standard InChI is InChI=1S/C17H20N2O3/c1-18-10-12(14-4-2-3-5-15(14)18)6-9-16(20)19(11-17(21)22)13-7-8-13/h2-5,10,13H,6-9,11H2,1H3,(H,21,22). The van der Waals surface area contributed by atoms with Crippen LogP contribution in [0.15, 0.2) is 30.5 Å². The van der Waals surface area contributed by atoms with Gasteiger partial charge in [-0.25, -0.2) is 0 Å². The van der Waals surface area contributed by atoms with Gasteiger partial charge < -0.3 is 14.6 Å². The van der Waals surface area contributed by atoms with E-state index in [9.17, 15) is 9.59 Å². The number of hydrogen-bond acceptors (Lipinski definition) is 2. The van der Waals surface area contributed by atoms with Crippen LogP contribution in [0.25, 0.3) is 10.9 Å². The monoisotopic (exact) mass is 300 g/mol. The average Bonchev–Trinajstić information content (AvgIpc) is 3.28. The number of carbonyl (C=O) groups excluding carboxylic acids is 1. The second-order valence-corrected chi connectivity index (χ2v) is 5.93. The van der Waals surface area contributed by atoms with Crippen molar-refractivity contribution in [2.24, 2.45) is 7.05 Å². The summed E-state index contributed by atoms with van der Waals surface area (Å²) in [5.41, 5.74) is 2.28. The van der Waals surface area contributed by atoms with Gasteiger partial charge in [-0.1, -0.05) is 18.2 Å². The summed E-state index contributed by atoms with van der Waals surface area (Å²) in [5, 5.41) is 10.1. The minimum Gasteiger partial charge on any atom is -0.480 e. The minimum atomic E-state index is -0.939. The smallest absolute Gasteiger partial charge is 0.323 e. The van der Waals surface area contributed by atoms with Crippen molar-refractivity contribution < 1.29 is 14.7 Å². The van der Waals surface area contributed by atoms with Gasteiger partial charge in [-0.05, 0) is 30.9 Å². The summed E-state index contributed by atoms with van der Waals surface area (Å²) in [4.78, 5) is 24.8. The maximum atomic E-state index is 12.3. The summed E-state index contributed by atoms with van der Waals surface area (Å²) in [7, 11) is 1.99. The van der Waals surface area contributed by atoms with Gasteiger partial charge in [-0.15, -0.1) is 0 Å². The normalized spacial score (nSPS) is 14.2. The third-order valence-corrected chi connectivity index (χ3v) is 4.20. The zero-order valence-corrected chi connectivity index (χ0v) is 12.7. The molecule has 1 aliphatic carbocycles. The van der Waals surface area contributed by atoms with Crippen molar-refractivity contribution in [2.75, 3.05) is 6.54 Å². The van der Waals surface area contributed by atoms with Gasteiger partial charge in [0.15, 0.2) is 0 Å². The van der Waals surface area contributed by atoms with Crippen molar-refractivity contribution in [3.63, 3.8) is 0 Å². The lowest BCUT2D eigenvalue weighted by molar-refractivity contribution is -0.144. The van der Waals surface area contributed by atoms with Crippen molar-refractivity contribution in [2.45, 2.75) is 31.7 Å². The molecule has 1 aromatic heterocycles. The zero-order valence-electron chi connectivity index (χ0n) is 12.7. The number of nitrogens with zero attached hydrogens (tertiary/aromatic N) is 2. The van der Waals surface area contributed by atoms with E-state index < -0.39 is 5.97 Å². The molecule has 22 heavy (non-hydrogen) atoms. The average molecular weight is 300 g/mol. The Labute approximate surface area is 129 Å². The number of benzene rings is 1. The molecule has 0 saturated heterocycles. The highest BCUT2D eigenvalue weighted by Crippen LogP contribution is 2.28. The van der Waals surface area contributed by atoms with Gasteiger partial charge in [-0.2, -0.15) is 0 Å². The molecule has 1 aromatic carbocycles. The van der Waals surface area contributed by atoms with Crippen LogP contribution in [-0.2, 0) is 23.1 Å². The van der Waals surface area contributed by atoms with Crippen LogP contribution in [0.5, 0.6) is 0 Å². The fourth-order valence-electron chi connectivity index (χ4n) is 2.96. The highest BCUT2D eigenvalue weighted by atomic mass is 16.4. The third kappa shape index (κ3) is 2.98. The molecular formula is C17H20N2O3. The first-order chi connectivity index (χ1) is 10.6. The molecule has 0 bridgehead atoms. The van der Waals surface area contributed by atoms with Gasteiger partial charge in [0.05, 0.1) is 0 Å². The van der Waals surface area contributed by atoms with Crippen molar-refractivity contribution in [3.8, 4) is 0 Å². The molecule has 0 radical (unpaired) electrons. The number of aliphatic carboxylic acids is 1. The number of hydrogen-bond donors (Lipinski definition) is 1. The van der Waals surface area contributed by atoms with Crippen LogP contribution in [0.3, 0.4) is 0 Å². The lowest BCUT2D eigenvalue weighted by atomic mass is 10.1. The van der Waals surface area contributed by atoms with E-state index in [4.69, 9.17) is 5.11 Å². The van der Waals surface area contributed by atoms with E-state index in [0.29, 0.717) is 12.8 Å². The van der Waals surface area contributed by atoms with Crippen LogP contribution < -0.4 is 0 Å². The van der Waals surface area contributed by atoms with E-state index >= 15 is 0 Å². The number of aryl methyl sites for hydroxylation is 2. The molecule has 1 amide bonds. The van der Waals surface area contributed by atoms with Crippen LogP contribution in [0.4, 0.5) is 0 Å². The van der Waals surface area contributed by atoms with Crippen molar-refractivity contribution in [3.05, 3.63) is 36.0 Å². The number of fused-ring (bicyclic) bond motifs is 1. The Morgan fingerprint density at radius 1 is 1.32 bits per heavy atom. The Hall–Kier alpha value is -2.30. The first kappa shape index (κ1) is 14.6. The lowest BCUT2D eigenvalue weighted by Gasteiger charge is -2.20. The Kier molecular flexibility index (Phi) is 3.88. The van der Waals surface area contributed by atoms with E-state index in [0.717, 1.165) is 29.3 Å². The molecule has 1 aliphatic rings. The van der Waals surface area contributed by atoms with E-state index in [1.807, 2.05) is 19.2 Å². The highest BCUT2D eigenvalue weighted by Gasteiger charge is 2.33. The summed E-state index contributed by atoms with van der Waals surface area (Å²) < 4.78 is 2.06. The molecule has 1 fully saturated rings. The molecule has 116 valence electrons. The van der Waals surface area contributed by atoms with Crippen molar-refractivity contribution in [1.29, 1.82) is 0 Å². The van der Waals surface area contributed by atoms with Gasteiger partial charge in [-0.3, -0.25) is 9.59 Å². The zero-order chi connectivity index (χ0) is 15.7. The van der Waals surface area contributed by atoms with E-state index in [1.165, 1.54) is 4.90 Å². The van der Waals surface area contributed by atoms with Gasteiger partial charge in [0.25, 0.3) is 0 Å². The third-order valence-electron chi connectivity index (χ3n) is 4.20. The second-order valence-electron chi connectivity index (χ2n) is 5.93. The maximum absolute atomic E-state index is 12.3. The predicted octanol–water partition coefficient (Wildman–Crippen LogP) is 2.19. The second kappa shape index (κ2) is 5.83.